The summed E-state index contributed by atoms with van der Waals surface area (Å²) in [6.45, 7) is 1.70. The van der Waals surface area contributed by atoms with Crippen LogP contribution in [0.3, 0.4) is 0 Å². The van der Waals surface area contributed by atoms with Crippen molar-refractivity contribution in [3.8, 4) is 0 Å². The van der Waals surface area contributed by atoms with Gasteiger partial charge < -0.3 is 15.4 Å². The highest BCUT2D eigenvalue weighted by atomic mass is 16.5. The summed E-state index contributed by atoms with van der Waals surface area (Å²) in [4.78, 5) is 35.9. The molecule has 3 rings (SSSR count). The molecule has 0 aromatic heterocycles. The molecule has 31 heavy (non-hydrogen) atoms. The third kappa shape index (κ3) is 6.67. The predicted molar refractivity (Wildman–Crippen MR) is 119 cm³/mol. The van der Waals surface area contributed by atoms with Gasteiger partial charge in [0.2, 0.25) is 5.91 Å². The Morgan fingerprint density at radius 3 is 2.39 bits per heavy atom. The van der Waals surface area contributed by atoms with Crippen molar-refractivity contribution < 1.29 is 19.1 Å². The second kappa shape index (κ2) is 10.9. The number of nitrogens with one attached hydrogen (secondary N) is 2. The number of carbonyl (C=O) groups excluding carboxylic acids is 3. The summed E-state index contributed by atoms with van der Waals surface area (Å²) in [5.41, 5.74) is 1.90. The molecule has 6 nitrogen and oxygen atoms in total. The zero-order chi connectivity index (χ0) is 22.1. The van der Waals surface area contributed by atoms with Gasteiger partial charge in [0.05, 0.1) is 18.9 Å². The lowest BCUT2D eigenvalue weighted by molar-refractivity contribution is -0.148. The third-order valence-corrected chi connectivity index (χ3v) is 4.89. The van der Waals surface area contributed by atoms with Gasteiger partial charge in [-0.15, -0.1) is 0 Å². The summed E-state index contributed by atoms with van der Waals surface area (Å²) >= 11 is 0. The lowest BCUT2D eigenvalue weighted by atomic mass is 10.00. The molecule has 6 heteroatoms. The van der Waals surface area contributed by atoms with Gasteiger partial charge in [0.15, 0.2) is 6.61 Å². The maximum absolute atomic E-state index is 12.2. The fourth-order valence-electron chi connectivity index (χ4n) is 3.35. The molecule has 0 bridgehead atoms. The van der Waals surface area contributed by atoms with Gasteiger partial charge in [0.25, 0.3) is 5.91 Å². The number of hydrogen-bond acceptors (Lipinski definition) is 4. The highest BCUT2D eigenvalue weighted by Crippen LogP contribution is 2.23. The normalized spacial score (nSPS) is 11.5. The monoisotopic (exact) mass is 418 g/mol. The van der Waals surface area contributed by atoms with Crippen LogP contribution in [-0.2, 0) is 25.5 Å². The van der Waals surface area contributed by atoms with Gasteiger partial charge in [-0.05, 0) is 28.8 Å². The average molecular weight is 418 g/mol. The topological polar surface area (TPSA) is 84.5 Å². The molecule has 0 radical (unpaired) electrons. The Bertz CT molecular complexity index is 1040. The van der Waals surface area contributed by atoms with Gasteiger partial charge in [0, 0.05) is 6.54 Å². The Morgan fingerprint density at radius 2 is 1.58 bits per heavy atom. The van der Waals surface area contributed by atoms with Crippen molar-refractivity contribution >= 4 is 28.6 Å². The number of rotatable bonds is 9. The first kappa shape index (κ1) is 22.0. The minimum absolute atomic E-state index is 0.00663. The quantitative estimate of drug-likeness (QED) is 0.522. The van der Waals surface area contributed by atoms with E-state index < -0.39 is 5.97 Å². The second-order valence-electron chi connectivity index (χ2n) is 7.28. The fourth-order valence-corrected chi connectivity index (χ4v) is 3.35. The van der Waals surface area contributed by atoms with Crippen molar-refractivity contribution in [3.05, 3.63) is 83.9 Å². The Balaban J connectivity index is 1.38. The zero-order valence-corrected chi connectivity index (χ0v) is 17.5. The number of benzene rings is 3. The van der Waals surface area contributed by atoms with Crippen molar-refractivity contribution in [1.29, 1.82) is 0 Å². The minimum Gasteiger partial charge on any atom is -0.456 e. The zero-order valence-electron chi connectivity index (χ0n) is 17.5. The average Bonchev–Trinajstić information content (AvgIpc) is 2.78. The van der Waals surface area contributed by atoms with Gasteiger partial charge in [-0.2, -0.15) is 0 Å². The minimum atomic E-state index is -0.534. The van der Waals surface area contributed by atoms with Crippen LogP contribution >= 0.6 is 0 Å². The van der Waals surface area contributed by atoms with Crippen molar-refractivity contribution in [2.24, 2.45) is 0 Å². The molecule has 3 aromatic carbocycles. The molecule has 0 aliphatic heterocycles. The summed E-state index contributed by atoms with van der Waals surface area (Å²) in [6, 6.07) is 23.0. The Labute approximate surface area is 181 Å². The van der Waals surface area contributed by atoms with Crippen LogP contribution in [0.25, 0.3) is 10.8 Å². The molecule has 1 unspecified atom stereocenters. The van der Waals surface area contributed by atoms with Crippen LogP contribution in [0.2, 0.25) is 0 Å². The number of esters is 1. The maximum atomic E-state index is 12.2. The number of hydrogen-bond donors (Lipinski definition) is 2. The summed E-state index contributed by atoms with van der Waals surface area (Å²) in [5.74, 6) is -1.07. The van der Waals surface area contributed by atoms with E-state index in [1.807, 2.05) is 79.7 Å². The van der Waals surface area contributed by atoms with Crippen molar-refractivity contribution in [2.75, 3.05) is 13.2 Å². The number of ether oxygens (including phenoxy) is 1. The lowest BCUT2D eigenvalue weighted by Gasteiger charge is -2.16. The van der Waals surface area contributed by atoms with E-state index in [1.165, 1.54) is 0 Å². The molecule has 0 heterocycles. The Kier molecular flexibility index (Phi) is 7.76. The molecule has 1 atom stereocenters. The molecule has 0 aliphatic rings. The van der Waals surface area contributed by atoms with Crippen LogP contribution < -0.4 is 10.6 Å². The molecule has 3 aromatic rings. The lowest BCUT2D eigenvalue weighted by Crippen LogP contribution is -2.32. The van der Waals surface area contributed by atoms with E-state index in [0.717, 1.165) is 21.9 Å². The molecule has 2 amide bonds. The molecule has 0 fully saturated rings. The molecule has 2 N–H and O–H groups in total. The summed E-state index contributed by atoms with van der Waals surface area (Å²) < 4.78 is 5.03. The van der Waals surface area contributed by atoms with Gasteiger partial charge in [-0.25, -0.2) is 0 Å². The summed E-state index contributed by atoms with van der Waals surface area (Å²) in [6.07, 6.45) is 0.261. The summed E-state index contributed by atoms with van der Waals surface area (Å²) in [5, 5.41) is 7.71. The van der Waals surface area contributed by atoms with Crippen LogP contribution in [0.1, 0.15) is 30.5 Å². The van der Waals surface area contributed by atoms with E-state index in [-0.39, 0.29) is 43.8 Å². The van der Waals surface area contributed by atoms with E-state index in [4.69, 9.17) is 4.74 Å². The molecule has 0 spiro atoms. The number of fused-ring (bicyclic) bond motifs is 1. The smallest absolute Gasteiger partial charge is 0.308 e. The van der Waals surface area contributed by atoms with E-state index in [2.05, 4.69) is 10.6 Å². The van der Waals surface area contributed by atoms with Gasteiger partial charge in [-0.3, -0.25) is 14.4 Å². The van der Waals surface area contributed by atoms with Gasteiger partial charge in [0.1, 0.15) is 0 Å². The second-order valence-corrected chi connectivity index (χ2v) is 7.28. The van der Waals surface area contributed by atoms with Crippen LogP contribution in [-0.4, -0.2) is 30.9 Å². The Morgan fingerprint density at radius 1 is 0.871 bits per heavy atom. The molecular weight excluding hydrogens is 392 g/mol. The molecule has 160 valence electrons. The van der Waals surface area contributed by atoms with Crippen LogP contribution in [0.4, 0.5) is 0 Å². The number of amides is 2. The standard InChI is InChI=1S/C25H26N2O4/c1-18(21-13-7-11-20-10-5-6-12-22(20)21)27-24(29)17-31-25(30)14-15-26-23(28)16-19-8-3-2-4-9-19/h2-13,18H,14-17H2,1H3,(H,26,28)(H,27,29). The fraction of sp³-hybridized carbons (Fsp3) is 0.240. The molecular formula is C25H26N2O4. The molecule has 0 aliphatic carbocycles. The maximum Gasteiger partial charge on any atom is 0.308 e. The van der Waals surface area contributed by atoms with Crippen molar-refractivity contribution in [3.63, 3.8) is 0 Å². The summed E-state index contributed by atoms with van der Waals surface area (Å²) in [7, 11) is 0. The van der Waals surface area contributed by atoms with Gasteiger partial charge >= 0.3 is 5.97 Å². The predicted octanol–water partition coefficient (Wildman–Crippen LogP) is 3.31. The SMILES string of the molecule is CC(NC(=O)COC(=O)CCNC(=O)Cc1ccccc1)c1cccc2ccccc12. The van der Waals surface area contributed by atoms with Crippen LogP contribution in [0.15, 0.2) is 72.8 Å². The number of carbonyl (C=O) groups is 3. The van der Waals surface area contributed by atoms with E-state index in [9.17, 15) is 14.4 Å². The van der Waals surface area contributed by atoms with Crippen molar-refractivity contribution in [1.82, 2.24) is 10.6 Å². The Hall–Kier alpha value is -3.67. The molecule has 0 saturated heterocycles. The first-order valence-electron chi connectivity index (χ1n) is 10.3. The van der Waals surface area contributed by atoms with E-state index >= 15 is 0 Å². The molecule has 0 saturated carbocycles. The van der Waals surface area contributed by atoms with Crippen LogP contribution in [0, 0.1) is 0 Å². The highest BCUT2D eigenvalue weighted by molar-refractivity contribution is 5.87. The van der Waals surface area contributed by atoms with E-state index in [0.29, 0.717) is 0 Å². The van der Waals surface area contributed by atoms with Crippen LogP contribution in [0.5, 0.6) is 0 Å². The van der Waals surface area contributed by atoms with Crippen molar-refractivity contribution in [2.45, 2.75) is 25.8 Å². The third-order valence-electron chi connectivity index (χ3n) is 4.89. The highest BCUT2D eigenvalue weighted by Gasteiger charge is 2.14. The first-order chi connectivity index (χ1) is 15.0. The largest absolute Gasteiger partial charge is 0.456 e. The van der Waals surface area contributed by atoms with Gasteiger partial charge in [-0.1, -0.05) is 72.8 Å². The van der Waals surface area contributed by atoms with E-state index in [1.54, 1.807) is 0 Å². The first-order valence-corrected chi connectivity index (χ1v) is 10.3.